The molecule has 1 aliphatic heterocycles. The van der Waals surface area contributed by atoms with Gasteiger partial charge in [0.05, 0.1) is 23.2 Å². The zero-order chi connectivity index (χ0) is 15.0. The molecule has 1 fully saturated rings. The van der Waals surface area contributed by atoms with Gasteiger partial charge in [-0.05, 0) is 41.5 Å². The summed E-state index contributed by atoms with van der Waals surface area (Å²) >= 11 is 0. The molecule has 0 aromatic heterocycles. The summed E-state index contributed by atoms with van der Waals surface area (Å²) in [7, 11) is -0.375. The van der Waals surface area contributed by atoms with E-state index in [1.807, 2.05) is 55.4 Å². The van der Waals surface area contributed by atoms with E-state index in [9.17, 15) is 4.79 Å². The number of rotatable bonds is 4. The van der Waals surface area contributed by atoms with Crippen LogP contribution in [0.25, 0.3) is 0 Å². The Morgan fingerprint density at radius 2 is 1.42 bits per heavy atom. The monoisotopic (exact) mass is 270 g/mol. The van der Waals surface area contributed by atoms with Gasteiger partial charge in [-0.2, -0.15) is 0 Å². The molecule has 110 valence electrons. The molecule has 1 aliphatic rings. The van der Waals surface area contributed by atoms with Crippen LogP contribution in [-0.4, -0.2) is 30.4 Å². The highest BCUT2D eigenvalue weighted by molar-refractivity contribution is 6.47. The van der Waals surface area contributed by atoms with Crippen LogP contribution in [0.5, 0.6) is 0 Å². The Hall–Kier alpha value is -0.545. The maximum atomic E-state index is 11.9. The smallest absolute Gasteiger partial charge is 0.461 e. The van der Waals surface area contributed by atoms with Crippen LogP contribution in [0.2, 0.25) is 5.82 Å². The van der Waals surface area contributed by atoms with Gasteiger partial charge in [-0.25, -0.2) is 0 Å². The van der Waals surface area contributed by atoms with E-state index >= 15 is 0 Å². The van der Waals surface area contributed by atoms with Crippen molar-refractivity contribution < 1.29 is 18.8 Å². The fourth-order valence-electron chi connectivity index (χ4n) is 1.89. The van der Waals surface area contributed by atoms with E-state index in [0.29, 0.717) is 0 Å². The third kappa shape index (κ3) is 3.51. The van der Waals surface area contributed by atoms with Crippen molar-refractivity contribution in [1.82, 2.24) is 0 Å². The largest absolute Gasteiger partial charge is 0.463 e. The summed E-state index contributed by atoms with van der Waals surface area (Å²) in [6.07, 6.45) is -0.0968. The van der Waals surface area contributed by atoms with E-state index in [1.54, 1.807) is 0 Å². The predicted octanol–water partition coefficient (Wildman–Crippen LogP) is 3.06. The zero-order valence-electron chi connectivity index (χ0n) is 13.4. The van der Waals surface area contributed by atoms with Gasteiger partial charge in [0.25, 0.3) is 0 Å². The Morgan fingerprint density at radius 1 is 1.00 bits per heavy atom. The van der Waals surface area contributed by atoms with Gasteiger partial charge in [0.15, 0.2) is 0 Å². The number of carbonyl (C=O) groups is 1. The number of esters is 1. The van der Waals surface area contributed by atoms with Gasteiger partial charge in [0.1, 0.15) is 0 Å². The Morgan fingerprint density at radius 3 is 1.79 bits per heavy atom. The summed E-state index contributed by atoms with van der Waals surface area (Å²) in [5.41, 5.74) is -0.735. The van der Waals surface area contributed by atoms with Crippen LogP contribution >= 0.6 is 0 Å². The molecule has 1 heterocycles. The summed E-state index contributed by atoms with van der Waals surface area (Å²) in [6.45, 7) is 15.6. The van der Waals surface area contributed by atoms with Crippen LogP contribution in [0, 0.1) is 5.92 Å². The first-order chi connectivity index (χ1) is 8.48. The van der Waals surface area contributed by atoms with Crippen LogP contribution in [0.3, 0.4) is 0 Å². The Balaban J connectivity index is 2.70. The van der Waals surface area contributed by atoms with Crippen molar-refractivity contribution in [2.75, 3.05) is 0 Å². The Kier molecular flexibility index (Phi) is 4.73. The number of carbonyl (C=O) groups excluding carboxylic acids is 1. The molecule has 1 saturated heterocycles. The van der Waals surface area contributed by atoms with Crippen LogP contribution < -0.4 is 0 Å². The average Bonchev–Trinajstić information content (AvgIpc) is 2.45. The first-order valence-corrected chi connectivity index (χ1v) is 7.04. The van der Waals surface area contributed by atoms with Crippen LogP contribution in [0.15, 0.2) is 0 Å². The molecule has 5 heteroatoms. The van der Waals surface area contributed by atoms with Gasteiger partial charge in [0.2, 0.25) is 0 Å². The molecule has 0 aromatic rings. The summed E-state index contributed by atoms with van der Waals surface area (Å²) in [4.78, 5) is 11.9. The van der Waals surface area contributed by atoms with E-state index in [-0.39, 0.29) is 42.1 Å². The van der Waals surface area contributed by atoms with Gasteiger partial charge >= 0.3 is 13.1 Å². The molecule has 2 atom stereocenters. The second-order valence-corrected chi connectivity index (χ2v) is 6.76. The molecule has 0 N–H and O–H groups in total. The maximum absolute atomic E-state index is 11.9. The van der Waals surface area contributed by atoms with E-state index in [1.165, 1.54) is 0 Å². The van der Waals surface area contributed by atoms with Crippen LogP contribution in [-0.2, 0) is 18.8 Å². The summed E-state index contributed by atoms with van der Waals surface area (Å²) in [5, 5.41) is 0. The Bertz CT molecular complexity index is 322. The number of hydrogen-bond acceptors (Lipinski definition) is 4. The van der Waals surface area contributed by atoms with Crippen molar-refractivity contribution >= 4 is 13.1 Å². The van der Waals surface area contributed by atoms with E-state index in [0.717, 1.165) is 0 Å². The van der Waals surface area contributed by atoms with Crippen LogP contribution in [0.4, 0.5) is 0 Å². The Labute approximate surface area is 117 Å². The summed E-state index contributed by atoms with van der Waals surface area (Å²) in [6, 6.07) is 0. The number of ether oxygens (including phenoxy) is 1. The highest BCUT2D eigenvalue weighted by Crippen LogP contribution is 2.41. The summed E-state index contributed by atoms with van der Waals surface area (Å²) in [5.74, 6) is -0.499. The van der Waals surface area contributed by atoms with Crippen molar-refractivity contribution in [1.29, 1.82) is 0 Å². The van der Waals surface area contributed by atoms with E-state index < -0.39 is 0 Å². The highest BCUT2D eigenvalue weighted by Gasteiger charge is 2.54. The van der Waals surface area contributed by atoms with Gasteiger partial charge in [-0.15, -0.1) is 0 Å². The second kappa shape index (κ2) is 5.45. The lowest BCUT2D eigenvalue weighted by molar-refractivity contribution is -0.152. The second-order valence-electron chi connectivity index (χ2n) is 6.76. The molecule has 0 aliphatic carbocycles. The molecular weight excluding hydrogens is 243 g/mol. The van der Waals surface area contributed by atoms with Gasteiger partial charge in [0, 0.05) is 5.82 Å². The predicted molar refractivity (Wildman–Crippen MR) is 75.9 cm³/mol. The topological polar surface area (TPSA) is 44.8 Å². The highest BCUT2D eigenvalue weighted by atomic mass is 16.7. The van der Waals surface area contributed by atoms with Crippen molar-refractivity contribution in [3.63, 3.8) is 0 Å². The molecular formula is C14H27BO4. The maximum Gasteiger partial charge on any atom is 0.461 e. The van der Waals surface area contributed by atoms with Crippen molar-refractivity contribution in [3.8, 4) is 0 Å². The molecule has 4 nitrogen and oxygen atoms in total. The van der Waals surface area contributed by atoms with Crippen LogP contribution in [0.1, 0.15) is 55.4 Å². The zero-order valence-corrected chi connectivity index (χ0v) is 13.4. The third-order valence-electron chi connectivity index (χ3n) is 4.21. The van der Waals surface area contributed by atoms with Gasteiger partial charge in [-0.1, -0.05) is 13.8 Å². The fraction of sp³-hybridized carbons (Fsp3) is 0.929. The lowest BCUT2D eigenvalue weighted by Gasteiger charge is -2.32. The number of hydrogen-bond donors (Lipinski definition) is 0. The molecule has 1 rings (SSSR count). The molecule has 0 spiro atoms. The van der Waals surface area contributed by atoms with Crippen molar-refractivity contribution in [2.24, 2.45) is 5.92 Å². The molecule has 0 aromatic carbocycles. The molecule has 0 bridgehead atoms. The first kappa shape index (κ1) is 16.5. The lowest BCUT2D eigenvalue weighted by atomic mass is 9.66. The van der Waals surface area contributed by atoms with E-state index in [2.05, 4.69) is 0 Å². The van der Waals surface area contributed by atoms with Gasteiger partial charge in [-0.3, -0.25) is 4.79 Å². The van der Waals surface area contributed by atoms with Crippen molar-refractivity contribution in [2.45, 2.75) is 78.5 Å². The summed E-state index contributed by atoms with van der Waals surface area (Å²) < 4.78 is 17.2. The normalized spacial score (nSPS) is 24.4. The molecule has 0 amide bonds. The molecule has 0 unspecified atom stereocenters. The quantitative estimate of drug-likeness (QED) is 0.581. The lowest BCUT2D eigenvalue weighted by Crippen LogP contribution is -2.41. The van der Waals surface area contributed by atoms with Gasteiger partial charge < -0.3 is 14.0 Å². The SMILES string of the molecule is CC(C)OC(=O)[C@@H](C)[C@@H](C)B1OC(C)(C)C(C)(C)O1. The molecule has 0 radical (unpaired) electrons. The fourth-order valence-corrected chi connectivity index (χ4v) is 1.89. The minimum atomic E-state index is -0.375. The first-order valence-electron chi connectivity index (χ1n) is 7.04. The average molecular weight is 270 g/mol. The third-order valence-corrected chi connectivity index (χ3v) is 4.21. The minimum absolute atomic E-state index is 0.0488. The standard InChI is InChI=1S/C14H27BO4/c1-9(2)17-12(16)10(3)11(4)15-18-13(5,6)14(7,8)19-15/h9-11H,1-8H3/t10-,11+/m0/s1. The van der Waals surface area contributed by atoms with E-state index in [4.69, 9.17) is 14.0 Å². The minimum Gasteiger partial charge on any atom is -0.463 e. The molecule has 0 saturated carbocycles. The molecule has 19 heavy (non-hydrogen) atoms. The van der Waals surface area contributed by atoms with Crippen molar-refractivity contribution in [3.05, 3.63) is 0 Å².